The van der Waals surface area contributed by atoms with Crippen LogP contribution in [0.25, 0.3) is 0 Å². The van der Waals surface area contributed by atoms with Crippen LogP contribution >= 0.6 is 0 Å². The molecule has 4 nitrogen and oxygen atoms in total. The fraction of sp³-hybridized carbons (Fsp3) is 0.667. The summed E-state index contributed by atoms with van der Waals surface area (Å²) < 4.78 is 4.97. The Balaban J connectivity index is 1.82. The van der Waals surface area contributed by atoms with Gasteiger partial charge in [0.2, 0.25) is 0 Å². The molecule has 72 valence electrons. The summed E-state index contributed by atoms with van der Waals surface area (Å²) in [6, 6.07) is 1.53. The maximum atomic E-state index is 10.7. The highest BCUT2D eigenvalue weighted by atomic mass is 16.5. The first-order valence-corrected chi connectivity index (χ1v) is 4.73. The molecule has 13 heavy (non-hydrogen) atoms. The second kappa shape index (κ2) is 3.79. The van der Waals surface area contributed by atoms with Gasteiger partial charge in [0.1, 0.15) is 5.76 Å². The Kier molecular flexibility index (Phi) is 2.49. The first-order valence-electron chi connectivity index (χ1n) is 4.73. The predicted molar refractivity (Wildman–Crippen MR) is 48.6 cm³/mol. The predicted octanol–water partition coefficient (Wildman–Crippen LogP) is 0.510. The van der Waals surface area contributed by atoms with E-state index >= 15 is 0 Å². The van der Waals surface area contributed by atoms with Crippen molar-refractivity contribution in [3.63, 3.8) is 0 Å². The van der Waals surface area contributed by atoms with E-state index in [0.717, 1.165) is 37.6 Å². The highest BCUT2D eigenvalue weighted by Gasteiger charge is 2.14. The van der Waals surface area contributed by atoms with Crippen LogP contribution < -0.4 is 10.9 Å². The summed E-state index contributed by atoms with van der Waals surface area (Å²) in [4.78, 5) is 10.7. The molecular weight excluding hydrogens is 168 g/mol. The molecule has 0 amide bonds. The van der Waals surface area contributed by atoms with Gasteiger partial charge in [-0.2, -0.15) is 5.16 Å². The largest absolute Gasteiger partial charge is 0.384 e. The lowest BCUT2D eigenvalue weighted by molar-refractivity contribution is 0.366. The molecule has 1 unspecified atom stereocenters. The van der Waals surface area contributed by atoms with E-state index in [4.69, 9.17) is 4.52 Å². The molecule has 0 radical (unpaired) electrons. The highest BCUT2D eigenvalue weighted by molar-refractivity contribution is 4.94. The first kappa shape index (κ1) is 8.56. The number of aromatic nitrogens is 1. The van der Waals surface area contributed by atoms with Gasteiger partial charge in [0.25, 0.3) is 5.56 Å². The number of nitrogens with one attached hydrogen (secondary N) is 2. The van der Waals surface area contributed by atoms with Gasteiger partial charge in [0.05, 0.1) is 0 Å². The topological polar surface area (TPSA) is 58.0 Å². The van der Waals surface area contributed by atoms with Crippen molar-refractivity contribution in [1.82, 2.24) is 10.5 Å². The molecule has 1 aliphatic rings. The van der Waals surface area contributed by atoms with Gasteiger partial charge >= 0.3 is 0 Å². The van der Waals surface area contributed by atoms with Gasteiger partial charge in [-0.1, -0.05) is 0 Å². The van der Waals surface area contributed by atoms with Crippen LogP contribution in [0.3, 0.4) is 0 Å². The van der Waals surface area contributed by atoms with Crippen molar-refractivity contribution >= 4 is 0 Å². The summed E-state index contributed by atoms with van der Waals surface area (Å²) in [5.74, 6) is 1.53. The number of rotatable bonds is 3. The smallest absolute Gasteiger partial charge is 0.280 e. The van der Waals surface area contributed by atoms with Gasteiger partial charge in [0.15, 0.2) is 0 Å². The van der Waals surface area contributed by atoms with Crippen molar-refractivity contribution in [1.29, 1.82) is 0 Å². The third-order valence-electron chi connectivity index (χ3n) is 2.54. The Labute approximate surface area is 76.3 Å². The monoisotopic (exact) mass is 182 g/mol. The van der Waals surface area contributed by atoms with Crippen LogP contribution in [0.5, 0.6) is 0 Å². The van der Waals surface area contributed by atoms with E-state index in [1.807, 2.05) is 0 Å². The molecule has 1 saturated heterocycles. The molecule has 2 N–H and O–H groups in total. The average Bonchev–Trinajstić information content (AvgIpc) is 2.71. The summed E-state index contributed by atoms with van der Waals surface area (Å²) in [7, 11) is 0. The zero-order valence-electron chi connectivity index (χ0n) is 7.51. The van der Waals surface area contributed by atoms with Crippen LogP contribution in [0.15, 0.2) is 15.4 Å². The summed E-state index contributed by atoms with van der Waals surface area (Å²) in [5, 5.41) is 5.61. The second-order valence-corrected chi connectivity index (χ2v) is 3.58. The Morgan fingerprint density at radius 2 is 2.54 bits per heavy atom. The Bertz CT molecular complexity index is 309. The van der Waals surface area contributed by atoms with Gasteiger partial charge in [0, 0.05) is 12.5 Å². The number of aryl methyl sites for hydroxylation is 1. The SMILES string of the molecule is O=c1cc(CCC2CCNC2)o[nH]1. The van der Waals surface area contributed by atoms with Crippen LogP contribution in [-0.4, -0.2) is 18.2 Å². The molecule has 0 spiro atoms. The lowest BCUT2D eigenvalue weighted by Crippen LogP contribution is -2.09. The van der Waals surface area contributed by atoms with Crippen molar-refractivity contribution < 1.29 is 4.52 Å². The third-order valence-corrected chi connectivity index (χ3v) is 2.54. The van der Waals surface area contributed by atoms with Gasteiger partial charge in [-0.15, -0.1) is 0 Å². The molecule has 1 aliphatic heterocycles. The summed E-state index contributed by atoms with van der Waals surface area (Å²) >= 11 is 0. The molecule has 4 heteroatoms. The van der Waals surface area contributed by atoms with E-state index in [2.05, 4.69) is 10.5 Å². The van der Waals surface area contributed by atoms with Gasteiger partial charge in [-0.05, 0) is 31.8 Å². The van der Waals surface area contributed by atoms with E-state index in [1.165, 1.54) is 12.5 Å². The summed E-state index contributed by atoms with van der Waals surface area (Å²) in [6.07, 6.45) is 3.22. The summed E-state index contributed by atoms with van der Waals surface area (Å²) in [6.45, 7) is 2.23. The molecule has 2 heterocycles. The van der Waals surface area contributed by atoms with E-state index in [1.54, 1.807) is 0 Å². The number of H-pyrrole nitrogens is 1. The van der Waals surface area contributed by atoms with Crippen molar-refractivity contribution in [3.05, 3.63) is 22.2 Å². The highest BCUT2D eigenvalue weighted by Crippen LogP contribution is 2.14. The quantitative estimate of drug-likeness (QED) is 0.716. The molecule has 1 aromatic heterocycles. The van der Waals surface area contributed by atoms with Crippen molar-refractivity contribution in [2.45, 2.75) is 19.3 Å². The van der Waals surface area contributed by atoms with Gasteiger partial charge in [-0.25, -0.2) is 0 Å². The first-order chi connectivity index (χ1) is 6.34. The van der Waals surface area contributed by atoms with Gasteiger partial charge in [-0.3, -0.25) is 4.79 Å². The molecule has 2 rings (SSSR count). The van der Waals surface area contributed by atoms with Gasteiger partial charge < -0.3 is 9.84 Å². The van der Waals surface area contributed by atoms with Crippen molar-refractivity contribution in [2.75, 3.05) is 13.1 Å². The van der Waals surface area contributed by atoms with E-state index in [9.17, 15) is 4.79 Å². The lowest BCUT2D eigenvalue weighted by atomic mass is 10.0. The second-order valence-electron chi connectivity index (χ2n) is 3.58. The van der Waals surface area contributed by atoms with E-state index < -0.39 is 0 Å². The van der Waals surface area contributed by atoms with Crippen LogP contribution in [0.4, 0.5) is 0 Å². The Morgan fingerprint density at radius 3 is 3.15 bits per heavy atom. The molecule has 0 aliphatic carbocycles. The van der Waals surface area contributed by atoms with Crippen LogP contribution in [0.2, 0.25) is 0 Å². The lowest BCUT2D eigenvalue weighted by Gasteiger charge is -2.04. The number of aromatic amines is 1. The third kappa shape index (κ3) is 2.21. The molecule has 1 atom stereocenters. The zero-order chi connectivity index (χ0) is 9.10. The molecule has 0 saturated carbocycles. The van der Waals surface area contributed by atoms with Crippen molar-refractivity contribution in [3.8, 4) is 0 Å². The Morgan fingerprint density at radius 1 is 1.62 bits per heavy atom. The molecule has 1 fully saturated rings. The molecule has 1 aromatic rings. The van der Waals surface area contributed by atoms with Crippen LogP contribution in [0.1, 0.15) is 18.6 Å². The number of hydrogen-bond acceptors (Lipinski definition) is 3. The van der Waals surface area contributed by atoms with E-state index in [0.29, 0.717) is 0 Å². The van der Waals surface area contributed by atoms with Crippen LogP contribution in [-0.2, 0) is 6.42 Å². The minimum atomic E-state index is -0.139. The minimum absolute atomic E-state index is 0.139. The fourth-order valence-corrected chi connectivity index (χ4v) is 1.75. The van der Waals surface area contributed by atoms with E-state index in [-0.39, 0.29) is 5.56 Å². The maximum Gasteiger partial charge on any atom is 0.280 e. The normalized spacial score (nSPS) is 22.3. The molecule has 0 aromatic carbocycles. The fourth-order valence-electron chi connectivity index (χ4n) is 1.75. The van der Waals surface area contributed by atoms with Crippen LogP contribution in [0, 0.1) is 5.92 Å². The average molecular weight is 182 g/mol. The number of hydrogen-bond donors (Lipinski definition) is 2. The summed E-state index contributed by atoms with van der Waals surface area (Å²) in [5.41, 5.74) is -0.139. The molecule has 0 bridgehead atoms. The molecular formula is C9H14N2O2. The maximum absolute atomic E-state index is 10.7. The van der Waals surface area contributed by atoms with Crippen molar-refractivity contribution in [2.24, 2.45) is 5.92 Å². The zero-order valence-corrected chi connectivity index (χ0v) is 7.51. The minimum Gasteiger partial charge on any atom is -0.384 e. The Hall–Kier alpha value is -1.03. The standard InChI is InChI=1S/C9H14N2O2/c12-9-5-8(13-11-9)2-1-7-3-4-10-6-7/h5,7,10H,1-4,6H2,(H,11,12).